The van der Waals surface area contributed by atoms with Crippen LogP contribution in [0.4, 0.5) is 0 Å². The molecule has 22 heavy (non-hydrogen) atoms. The average Bonchev–Trinajstić information content (AvgIpc) is 2.70. The van der Waals surface area contributed by atoms with E-state index in [9.17, 15) is 8.42 Å². The van der Waals surface area contributed by atoms with Gasteiger partial charge < -0.3 is 4.74 Å². The number of nitrogens with zero attached hydrogens (tertiary/aromatic N) is 1. The second-order valence-corrected chi connectivity index (χ2v) is 11.0. The van der Waals surface area contributed by atoms with Gasteiger partial charge in [-0.2, -0.15) is 0 Å². The Morgan fingerprint density at radius 3 is 2.23 bits per heavy atom. The maximum absolute atomic E-state index is 12.6. The minimum atomic E-state index is -3.50. The molecule has 5 aliphatic rings. The van der Waals surface area contributed by atoms with Crippen LogP contribution in [0.25, 0.3) is 0 Å². The Morgan fingerprint density at radius 1 is 1.09 bits per heavy atom. The lowest BCUT2D eigenvalue weighted by atomic mass is 9.81. The van der Waals surface area contributed by atoms with Gasteiger partial charge in [-0.15, -0.1) is 0 Å². The lowest BCUT2D eigenvalue weighted by Crippen LogP contribution is -2.64. The fourth-order valence-corrected chi connectivity index (χ4v) is 6.40. The van der Waals surface area contributed by atoms with Crippen LogP contribution in [0.2, 0.25) is 0 Å². The number of nitrogens with one attached hydrogen (secondary N) is 1. The molecule has 1 heterocycles. The third kappa shape index (κ3) is 1.76. The molecule has 0 radical (unpaired) electrons. The Kier molecular flexibility index (Phi) is 2.69. The molecule has 4 saturated carbocycles. The van der Waals surface area contributed by atoms with Gasteiger partial charge in [0.2, 0.25) is 10.0 Å². The van der Waals surface area contributed by atoms with Crippen LogP contribution < -0.4 is 4.72 Å². The molecule has 0 amide bonds. The van der Waals surface area contributed by atoms with E-state index in [1.807, 2.05) is 13.8 Å². The van der Waals surface area contributed by atoms with E-state index in [2.05, 4.69) is 4.72 Å². The summed E-state index contributed by atoms with van der Waals surface area (Å²) < 4.78 is 32.8. The van der Waals surface area contributed by atoms with Crippen molar-refractivity contribution >= 4 is 16.0 Å². The summed E-state index contributed by atoms with van der Waals surface area (Å²) in [4.78, 5) is 4.87. The molecule has 6 heteroatoms. The highest BCUT2D eigenvalue weighted by Gasteiger charge is 2.60. The van der Waals surface area contributed by atoms with Crippen molar-refractivity contribution in [1.82, 2.24) is 4.72 Å². The quantitative estimate of drug-likeness (QED) is 0.804. The van der Waals surface area contributed by atoms with Gasteiger partial charge in [-0.25, -0.2) is 18.1 Å². The predicted molar refractivity (Wildman–Crippen MR) is 85.0 cm³/mol. The Labute approximate surface area is 133 Å². The predicted octanol–water partition coefficient (Wildman–Crippen LogP) is 2.43. The first-order valence-electron chi connectivity index (χ1n) is 8.36. The maximum Gasteiger partial charge on any atom is 0.299 e. The molecular formula is C16H26N2O3S. The number of ether oxygens (including phenoxy) is 1. The van der Waals surface area contributed by atoms with Crippen molar-refractivity contribution in [2.75, 3.05) is 0 Å². The number of hydrogen-bond acceptors (Lipinski definition) is 4. The molecule has 1 saturated heterocycles. The van der Waals surface area contributed by atoms with Crippen molar-refractivity contribution in [1.29, 1.82) is 0 Å². The third-order valence-corrected chi connectivity index (χ3v) is 9.24. The van der Waals surface area contributed by atoms with E-state index >= 15 is 0 Å². The van der Waals surface area contributed by atoms with Gasteiger partial charge in [0.25, 0.3) is 6.02 Å². The maximum atomic E-state index is 12.6. The smallest absolute Gasteiger partial charge is 0.299 e. The SMILES string of the molecule is CC1(C)OC(=NC23CC4CC(CC2C4)C3)NS(=O)(=O)C1(C)C. The number of sulfonamides is 1. The Hall–Kier alpha value is -0.780. The lowest BCUT2D eigenvalue weighted by molar-refractivity contribution is 0.0450. The van der Waals surface area contributed by atoms with Gasteiger partial charge in [0, 0.05) is 0 Å². The average molecular weight is 326 g/mol. The molecule has 5 fully saturated rings. The zero-order chi connectivity index (χ0) is 16.0. The number of hydrogen-bond donors (Lipinski definition) is 1. The molecule has 5 nitrogen and oxygen atoms in total. The largest absolute Gasteiger partial charge is 0.457 e. The van der Waals surface area contributed by atoms with E-state index < -0.39 is 20.4 Å². The van der Waals surface area contributed by atoms with Gasteiger partial charge in [-0.1, -0.05) is 0 Å². The molecule has 2 atom stereocenters. The highest BCUT2D eigenvalue weighted by atomic mass is 32.2. The standard InChI is InChI=1S/C16H26N2O3S/c1-14(2)15(3,4)22(19,20)18-13(21-14)17-16-8-10-5-11(9-16)7-12(16)6-10/h10-12H,5-9H2,1-4H3,(H,17,18). The summed E-state index contributed by atoms with van der Waals surface area (Å²) in [5, 5.41) is 0. The molecule has 0 aromatic rings. The van der Waals surface area contributed by atoms with E-state index in [1.165, 1.54) is 19.3 Å². The fraction of sp³-hybridized carbons (Fsp3) is 0.938. The Morgan fingerprint density at radius 2 is 1.68 bits per heavy atom. The van der Waals surface area contributed by atoms with E-state index in [0.717, 1.165) is 24.7 Å². The van der Waals surface area contributed by atoms with E-state index in [0.29, 0.717) is 5.92 Å². The molecule has 2 unspecified atom stereocenters. The number of amidine groups is 1. The summed E-state index contributed by atoms with van der Waals surface area (Å²) in [6.45, 7) is 7.06. The second kappa shape index (κ2) is 4.00. The van der Waals surface area contributed by atoms with Crippen LogP contribution in [0, 0.1) is 17.8 Å². The zero-order valence-corrected chi connectivity index (χ0v) is 14.7. The topological polar surface area (TPSA) is 67.8 Å². The highest BCUT2D eigenvalue weighted by molar-refractivity contribution is 7.91. The Balaban J connectivity index is 1.70. The van der Waals surface area contributed by atoms with Gasteiger partial charge >= 0.3 is 0 Å². The van der Waals surface area contributed by atoms with Crippen LogP contribution in [0.1, 0.15) is 59.8 Å². The zero-order valence-electron chi connectivity index (χ0n) is 13.8. The molecule has 0 aromatic heterocycles. The number of aliphatic imine (C=N–C) groups is 1. The van der Waals surface area contributed by atoms with Crippen molar-refractivity contribution in [2.45, 2.75) is 75.7 Å². The lowest BCUT2D eigenvalue weighted by Gasteiger charge is -2.45. The summed E-state index contributed by atoms with van der Waals surface area (Å²) in [7, 11) is -3.50. The second-order valence-electron chi connectivity index (χ2n) is 8.79. The Bertz CT molecular complexity index is 636. The van der Waals surface area contributed by atoms with Crippen LogP contribution >= 0.6 is 0 Å². The summed E-state index contributed by atoms with van der Waals surface area (Å²) in [5.41, 5.74) is -0.870. The van der Waals surface area contributed by atoms with Crippen molar-refractivity contribution in [3.05, 3.63) is 0 Å². The molecule has 0 aromatic carbocycles. The first-order chi connectivity index (χ1) is 10.0. The summed E-state index contributed by atoms with van der Waals surface area (Å²) in [6.07, 6.45) is 6.07. The van der Waals surface area contributed by atoms with Crippen molar-refractivity contribution in [3.63, 3.8) is 0 Å². The van der Waals surface area contributed by atoms with Gasteiger partial charge in [0.1, 0.15) is 10.3 Å². The molecule has 4 bridgehead atoms. The van der Waals surface area contributed by atoms with Crippen LogP contribution in [-0.4, -0.2) is 30.3 Å². The first-order valence-corrected chi connectivity index (χ1v) is 9.84. The first kappa shape index (κ1) is 14.8. The molecule has 4 aliphatic carbocycles. The minimum Gasteiger partial charge on any atom is -0.457 e. The van der Waals surface area contributed by atoms with E-state index in [4.69, 9.17) is 9.73 Å². The van der Waals surface area contributed by atoms with Gasteiger partial charge in [0.05, 0.1) is 5.54 Å². The molecular weight excluding hydrogens is 300 g/mol. The third-order valence-electron chi connectivity index (χ3n) is 6.97. The minimum absolute atomic E-state index is 0.0665. The summed E-state index contributed by atoms with van der Waals surface area (Å²) >= 11 is 0. The van der Waals surface area contributed by atoms with E-state index in [1.54, 1.807) is 13.8 Å². The molecule has 0 spiro atoms. The normalized spacial score (nSPS) is 48.2. The number of rotatable bonds is 1. The summed E-state index contributed by atoms with van der Waals surface area (Å²) in [5.74, 6) is 2.19. The van der Waals surface area contributed by atoms with Crippen LogP contribution in [0.3, 0.4) is 0 Å². The van der Waals surface area contributed by atoms with E-state index in [-0.39, 0.29) is 11.6 Å². The van der Waals surface area contributed by atoms with Gasteiger partial charge in [0.15, 0.2) is 0 Å². The van der Waals surface area contributed by atoms with Crippen molar-refractivity contribution < 1.29 is 13.2 Å². The van der Waals surface area contributed by atoms with Crippen LogP contribution in [-0.2, 0) is 14.8 Å². The highest BCUT2D eigenvalue weighted by Crippen LogP contribution is 2.62. The van der Waals surface area contributed by atoms with Gasteiger partial charge in [-0.3, -0.25) is 0 Å². The molecule has 1 N–H and O–H groups in total. The fourth-order valence-electron chi connectivity index (χ4n) is 5.14. The van der Waals surface area contributed by atoms with Crippen LogP contribution in [0.5, 0.6) is 0 Å². The van der Waals surface area contributed by atoms with Gasteiger partial charge in [-0.05, 0) is 77.6 Å². The van der Waals surface area contributed by atoms with Crippen molar-refractivity contribution in [2.24, 2.45) is 22.7 Å². The van der Waals surface area contributed by atoms with Crippen LogP contribution in [0.15, 0.2) is 4.99 Å². The monoisotopic (exact) mass is 326 g/mol. The molecule has 1 aliphatic heterocycles. The van der Waals surface area contributed by atoms with Crippen molar-refractivity contribution in [3.8, 4) is 0 Å². The summed E-state index contributed by atoms with van der Waals surface area (Å²) in [6, 6.07) is 0.220. The molecule has 124 valence electrons. The molecule has 5 rings (SSSR count).